The van der Waals surface area contributed by atoms with E-state index in [0.29, 0.717) is 6.42 Å². The summed E-state index contributed by atoms with van der Waals surface area (Å²) in [6, 6.07) is 10.2. The highest BCUT2D eigenvalue weighted by Gasteiger charge is 2.53. The van der Waals surface area contributed by atoms with Crippen molar-refractivity contribution in [1.29, 1.82) is 0 Å². The number of benzene rings is 1. The molecule has 1 aromatic carbocycles. The Morgan fingerprint density at radius 3 is 2.46 bits per heavy atom. The molecule has 0 bridgehead atoms. The second-order valence-corrected chi connectivity index (χ2v) is 8.16. The van der Waals surface area contributed by atoms with Gasteiger partial charge in [-0.3, -0.25) is 4.84 Å². The zero-order chi connectivity index (χ0) is 20.9. The van der Waals surface area contributed by atoms with Crippen LogP contribution in [0.3, 0.4) is 0 Å². The topological polar surface area (TPSA) is 71.4 Å². The average molecular weight is 391 g/mol. The van der Waals surface area contributed by atoms with Crippen LogP contribution in [0.2, 0.25) is 0 Å². The maximum atomic E-state index is 10.8. The third-order valence-electron chi connectivity index (χ3n) is 6.33. The Morgan fingerprint density at radius 1 is 1.29 bits per heavy atom. The highest BCUT2D eigenvalue weighted by Crippen LogP contribution is 2.46. The molecule has 1 aliphatic rings. The molecule has 0 radical (unpaired) electrons. The molecule has 1 aromatic rings. The molecule has 0 aliphatic carbocycles. The lowest BCUT2D eigenvalue weighted by atomic mass is 9.70. The van der Waals surface area contributed by atoms with Gasteiger partial charge in [0.25, 0.3) is 0 Å². The van der Waals surface area contributed by atoms with E-state index in [-0.39, 0.29) is 23.1 Å². The lowest BCUT2D eigenvalue weighted by Crippen LogP contribution is -2.66. The second kappa shape index (κ2) is 9.05. The number of hydrogen-bond acceptors (Lipinski definition) is 5. The third kappa shape index (κ3) is 4.55. The van der Waals surface area contributed by atoms with Crippen LogP contribution in [0.4, 0.5) is 0 Å². The monoisotopic (exact) mass is 390 g/mol. The van der Waals surface area contributed by atoms with Crippen molar-refractivity contribution in [2.45, 2.75) is 78.0 Å². The normalized spacial score (nSPS) is 30.9. The van der Waals surface area contributed by atoms with Crippen molar-refractivity contribution in [3.8, 4) is 0 Å². The van der Waals surface area contributed by atoms with Crippen LogP contribution in [0.1, 0.15) is 72.5 Å². The Balaban J connectivity index is 2.34. The zero-order valence-corrected chi connectivity index (χ0v) is 17.9. The van der Waals surface area contributed by atoms with Crippen LogP contribution in [-0.2, 0) is 14.5 Å². The summed E-state index contributed by atoms with van der Waals surface area (Å²) >= 11 is 0. The minimum Gasteiger partial charge on any atom is -0.479 e. The molecule has 28 heavy (non-hydrogen) atoms. The number of carboxylic acids is 1. The van der Waals surface area contributed by atoms with Gasteiger partial charge in [-0.2, -0.15) is 5.06 Å². The number of piperidine rings is 1. The summed E-state index contributed by atoms with van der Waals surface area (Å²) in [5.74, 6) is -0.958. The highest BCUT2D eigenvalue weighted by atomic mass is 16.7. The fourth-order valence-electron chi connectivity index (χ4n) is 3.96. The molecule has 4 atom stereocenters. The summed E-state index contributed by atoms with van der Waals surface area (Å²) in [5.41, 5.74) is 1.46. The number of hydroxylamine groups is 2. The van der Waals surface area contributed by atoms with Gasteiger partial charge in [-0.25, -0.2) is 4.79 Å². The second-order valence-electron chi connectivity index (χ2n) is 8.16. The van der Waals surface area contributed by atoms with Crippen molar-refractivity contribution in [2.24, 2.45) is 11.1 Å². The SMILES string of the molecule is CCC1(C)C/C(=N/OCC(=O)O)C(C)C(C)(CC)N1OC(C)c1ccccc1. The largest absolute Gasteiger partial charge is 0.479 e. The van der Waals surface area contributed by atoms with Gasteiger partial charge in [-0.15, -0.1) is 0 Å². The predicted molar refractivity (Wildman–Crippen MR) is 110 cm³/mol. The maximum absolute atomic E-state index is 10.8. The van der Waals surface area contributed by atoms with Crippen LogP contribution < -0.4 is 0 Å². The van der Waals surface area contributed by atoms with Crippen molar-refractivity contribution >= 4 is 11.7 Å². The number of aliphatic carboxylic acids is 1. The molecule has 0 amide bonds. The third-order valence-corrected chi connectivity index (χ3v) is 6.33. The number of hydrogen-bond donors (Lipinski definition) is 1. The number of carbonyl (C=O) groups is 1. The lowest BCUT2D eigenvalue weighted by Gasteiger charge is -2.57. The molecule has 0 saturated carbocycles. The minimum absolute atomic E-state index is 0.0638. The molecule has 4 unspecified atom stereocenters. The highest BCUT2D eigenvalue weighted by molar-refractivity contribution is 5.89. The van der Waals surface area contributed by atoms with Gasteiger partial charge in [0, 0.05) is 17.9 Å². The quantitative estimate of drug-likeness (QED) is 0.645. The van der Waals surface area contributed by atoms with E-state index >= 15 is 0 Å². The van der Waals surface area contributed by atoms with Crippen LogP contribution in [0, 0.1) is 5.92 Å². The number of nitrogens with zero attached hydrogens (tertiary/aromatic N) is 2. The Bertz CT molecular complexity index is 693. The molecule has 6 heteroatoms. The van der Waals surface area contributed by atoms with E-state index in [1.165, 1.54) is 0 Å². The van der Waals surface area contributed by atoms with Crippen LogP contribution in [0.25, 0.3) is 0 Å². The van der Waals surface area contributed by atoms with E-state index in [4.69, 9.17) is 14.8 Å². The molecular weight excluding hydrogens is 356 g/mol. The summed E-state index contributed by atoms with van der Waals surface area (Å²) in [7, 11) is 0. The summed E-state index contributed by atoms with van der Waals surface area (Å²) in [6.45, 7) is 12.4. The van der Waals surface area contributed by atoms with Crippen molar-refractivity contribution in [3.63, 3.8) is 0 Å². The Kier molecular flexibility index (Phi) is 7.23. The molecule has 0 aromatic heterocycles. The van der Waals surface area contributed by atoms with E-state index in [2.05, 4.69) is 63.9 Å². The van der Waals surface area contributed by atoms with Crippen molar-refractivity contribution in [3.05, 3.63) is 35.9 Å². The molecular formula is C22H34N2O4. The van der Waals surface area contributed by atoms with Gasteiger partial charge in [0.15, 0.2) is 0 Å². The molecule has 0 spiro atoms. The molecule has 1 heterocycles. The molecule has 6 nitrogen and oxygen atoms in total. The summed E-state index contributed by atoms with van der Waals surface area (Å²) in [5, 5.41) is 15.2. The first-order chi connectivity index (χ1) is 13.2. The van der Waals surface area contributed by atoms with Crippen LogP contribution >= 0.6 is 0 Å². The van der Waals surface area contributed by atoms with E-state index < -0.39 is 12.6 Å². The molecule has 1 aliphatic heterocycles. The molecule has 2 rings (SSSR count). The van der Waals surface area contributed by atoms with Crippen molar-refractivity contribution in [1.82, 2.24) is 5.06 Å². The van der Waals surface area contributed by atoms with Gasteiger partial charge >= 0.3 is 5.97 Å². The smallest absolute Gasteiger partial charge is 0.344 e. The fourth-order valence-corrected chi connectivity index (χ4v) is 3.96. The molecule has 156 valence electrons. The van der Waals surface area contributed by atoms with Crippen LogP contribution in [0.15, 0.2) is 35.5 Å². The summed E-state index contributed by atoms with van der Waals surface area (Å²) in [4.78, 5) is 22.5. The summed E-state index contributed by atoms with van der Waals surface area (Å²) in [6.07, 6.45) is 2.33. The average Bonchev–Trinajstić information content (AvgIpc) is 2.69. The lowest BCUT2D eigenvalue weighted by molar-refractivity contribution is -0.310. The predicted octanol–water partition coefficient (Wildman–Crippen LogP) is 4.82. The molecule has 1 N–H and O–H groups in total. The first kappa shape index (κ1) is 22.4. The zero-order valence-electron chi connectivity index (χ0n) is 17.9. The minimum atomic E-state index is -1.02. The van der Waals surface area contributed by atoms with E-state index in [1.807, 2.05) is 18.2 Å². The first-order valence-electron chi connectivity index (χ1n) is 10.1. The van der Waals surface area contributed by atoms with E-state index in [9.17, 15) is 4.79 Å². The van der Waals surface area contributed by atoms with Crippen LogP contribution in [0.5, 0.6) is 0 Å². The van der Waals surface area contributed by atoms with Gasteiger partial charge in [-0.1, -0.05) is 56.3 Å². The Hall–Kier alpha value is -1.92. The van der Waals surface area contributed by atoms with Gasteiger partial charge in [0.05, 0.1) is 11.3 Å². The fraction of sp³-hybridized carbons (Fsp3) is 0.636. The van der Waals surface area contributed by atoms with E-state index in [0.717, 1.165) is 24.1 Å². The number of carboxylic acid groups (broad SMARTS) is 1. The standard InChI is InChI=1S/C22H34N2O4/c1-7-21(5)14-19(23-27-15-20(25)26)16(3)22(6,8-2)24(21)28-17(4)18-12-10-9-11-13-18/h9-13,16-17H,7-8,14-15H2,1-6H3,(H,25,26)/b23-19-. The van der Waals surface area contributed by atoms with Gasteiger partial charge in [0.2, 0.25) is 6.61 Å². The van der Waals surface area contributed by atoms with E-state index in [1.54, 1.807) is 0 Å². The van der Waals surface area contributed by atoms with Gasteiger partial charge in [-0.05, 0) is 39.2 Å². The van der Waals surface area contributed by atoms with Crippen molar-refractivity contribution in [2.75, 3.05) is 6.61 Å². The molecule has 1 saturated heterocycles. The van der Waals surface area contributed by atoms with Gasteiger partial charge in [0.1, 0.15) is 6.10 Å². The Morgan fingerprint density at radius 2 is 1.93 bits per heavy atom. The number of oxime groups is 1. The Labute approximate surface area is 168 Å². The van der Waals surface area contributed by atoms with Gasteiger partial charge < -0.3 is 9.94 Å². The molecule has 1 fully saturated rings. The van der Waals surface area contributed by atoms with Crippen LogP contribution in [-0.4, -0.2) is 39.5 Å². The number of rotatable bonds is 8. The summed E-state index contributed by atoms with van der Waals surface area (Å²) < 4.78 is 0. The maximum Gasteiger partial charge on any atom is 0.344 e. The van der Waals surface area contributed by atoms with Crippen molar-refractivity contribution < 1.29 is 19.6 Å². The first-order valence-corrected chi connectivity index (χ1v) is 10.1.